The van der Waals surface area contributed by atoms with Crippen LogP contribution in [0.3, 0.4) is 0 Å². The number of hydrogen-bond acceptors (Lipinski definition) is 7. The third-order valence-electron chi connectivity index (χ3n) is 4.58. The third kappa shape index (κ3) is 5.47. The first kappa shape index (κ1) is 26.6. The smallest absolute Gasteiger partial charge is 0.352 e. The molecule has 0 unspecified atom stereocenters. The maximum Gasteiger partial charge on any atom is 0.352 e. The predicted molar refractivity (Wildman–Crippen MR) is 112 cm³/mol. The molecule has 0 aliphatic carbocycles. The molecule has 0 bridgehead atoms. The zero-order valence-electron chi connectivity index (χ0n) is 17.8. The Labute approximate surface area is 203 Å². The van der Waals surface area contributed by atoms with Crippen molar-refractivity contribution in [2.75, 3.05) is 13.2 Å². The van der Waals surface area contributed by atoms with Gasteiger partial charge in [-0.05, 0) is 12.1 Å². The molecule has 1 aromatic carbocycles. The molecule has 0 atom stereocenters. The monoisotopic (exact) mass is 532 g/mol. The van der Waals surface area contributed by atoms with E-state index in [1.165, 1.54) is 18.2 Å². The summed E-state index contributed by atoms with van der Waals surface area (Å²) in [6.45, 7) is -1.01. The molecule has 2 heterocycles. The fourth-order valence-electron chi connectivity index (χ4n) is 2.88. The third-order valence-corrected chi connectivity index (χ3v) is 4.80. The first-order valence-corrected chi connectivity index (χ1v) is 10.2. The second-order valence-electron chi connectivity index (χ2n) is 7.01. The van der Waals surface area contributed by atoms with Gasteiger partial charge in [0.25, 0.3) is 5.56 Å². The lowest BCUT2D eigenvalue weighted by Gasteiger charge is -2.19. The molecular weight excluding hydrogens is 519 g/mol. The summed E-state index contributed by atoms with van der Waals surface area (Å²) in [6.07, 6.45) is -2.85. The van der Waals surface area contributed by atoms with Crippen LogP contribution in [0.4, 0.5) is 22.0 Å². The van der Waals surface area contributed by atoms with Crippen LogP contribution in [0.15, 0.2) is 41.6 Å². The number of halogens is 6. The van der Waals surface area contributed by atoms with E-state index in [0.29, 0.717) is 10.9 Å². The summed E-state index contributed by atoms with van der Waals surface area (Å²) in [5.41, 5.74) is -4.05. The number of rotatable bonds is 9. The van der Waals surface area contributed by atoms with Crippen LogP contribution >= 0.6 is 11.6 Å². The van der Waals surface area contributed by atoms with Gasteiger partial charge in [0.15, 0.2) is 23.0 Å². The number of pyridine rings is 1. The number of nitriles is 1. The zero-order chi connectivity index (χ0) is 26.6. The average Bonchev–Trinajstić information content (AvgIpc) is 2.83. The van der Waals surface area contributed by atoms with Gasteiger partial charge in [-0.25, -0.2) is 18.2 Å². The summed E-state index contributed by atoms with van der Waals surface area (Å²) in [5, 5.41) is 29.7. The SMILES string of the molecule is N#Cc1cc(Cl)cc(Oc2c(C(F)(F)C(F)F)ncn(Cc3ccc(OCCO)c[n+]3[O-])c2=O)c1F. The lowest BCUT2D eigenvalue weighted by atomic mass is 10.2. The molecule has 9 nitrogen and oxygen atoms in total. The summed E-state index contributed by atoms with van der Waals surface area (Å²) < 4.78 is 80.0. The van der Waals surface area contributed by atoms with E-state index in [1.54, 1.807) is 0 Å². The molecule has 0 spiro atoms. The van der Waals surface area contributed by atoms with Crippen molar-refractivity contribution in [2.45, 2.75) is 18.9 Å². The van der Waals surface area contributed by atoms with Crippen LogP contribution in [0, 0.1) is 22.4 Å². The van der Waals surface area contributed by atoms with Gasteiger partial charge in [-0.1, -0.05) is 11.6 Å². The Hall–Kier alpha value is -3.96. The van der Waals surface area contributed by atoms with Crippen molar-refractivity contribution < 1.29 is 41.3 Å². The standard InChI is InChI=1S/C21H14ClF5N4O5/c22-12-5-11(7-28)16(23)15(6-12)36-17-18(21(26,27)20(24)25)29-10-30(19(17)33)8-13-1-2-14(9-31(13)34)35-4-3-32/h1-2,5-6,9-10,20,32H,3-4,8H2. The van der Waals surface area contributed by atoms with Gasteiger partial charge >= 0.3 is 12.3 Å². The average molecular weight is 533 g/mol. The molecule has 0 aliphatic heterocycles. The summed E-state index contributed by atoms with van der Waals surface area (Å²) in [6, 6.07) is 5.61. The van der Waals surface area contributed by atoms with Crippen LogP contribution in [0.5, 0.6) is 17.2 Å². The number of hydrogen-bond donors (Lipinski definition) is 1. The molecule has 0 saturated carbocycles. The second-order valence-corrected chi connectivity index (χ2v) is 7.45. The highest BCUT2D eigenvalue weighted by Gasteiger charge is 2.48. The highest BCUT2D eigenvalue weighted by Crippen LogP contribution is 2.39. The van der Waals surface area contributed by atoms with Crippen LogP contribution in [0.1, 0.15) is 17.0 Å². The molecule has 0 amide bonds. The molecule has 36 heavy (non-hydrogen) atoms. The first-order chi connectivity index (χ1) is 17.0. The summed E-state index contributed by atoms with van der Waals surface area (Å²) >= 11 is 5.76. The Kier molecular flexibility index (Phi) is 7.96. The molecule has 190 valence electrons. The highest BCUT2D eigenvalue weighted by atomic mass is 35.5. The van der Waals surface area contributed by atoms with Crippen LogP contribution in [-0.2, 0) is 12.5 Å². The Morgan fingerprint density at radius 1 is 1.33 bits per heavy atom. The number of alkyl halides is 4. The molecule has 15 heteroatoms. The maximum atomic E-state index is 14.5. The van der Waals surface area contributed by atoms with E-state index in [2.05, 4.69) is 4.98 Å². The second kappa shape index (κ2) is 10.8. The number of aliphatic hydroxyl groups excluding tert-OH is 1. The molecule has 3 rings (SSSR count). The van der Waals surface area contributed by atoms with Crippen LogP contribution in [0.2, 0.25) is 5.02 Å². The van der Waals surface area contributed by atoms with Gasteiger partial charge < -0.3 is 19.8 Å². The van der Waals surface area contributed by atoms with Crippen molar-refractivity contribution in [2.24, 2.45) is 0 Å². The summed E-state index contributed by atoms with van der Waals surface area (Å²) in [5.74, 6) is -8.72. The van der Waals surface area contributed by atoms with Crippen molar-refractivity contribution in [3.8, 4) is 23.3 Å². The highest BCUT2D eigenvalue weighted by molar-refractivity contribution is 6.30. The number of aliphatic hydroxyl groups is 1. The van der Waals surface area contributed by atoms with E-state index in [4.69, 9.17) is 31.4 Å². The van der Waals surface area contributed by atoms with Crippen molar-refractivity contribution in [3.05, 3.63) is 80.1 Å². The number of ether oxygens (including phenoxy) is 2. The molecule has 0 fully saturated rings. The van der Waals surface area contributed by atoms with Gasteiger partial charge in [0.2, 0.25) is 17.6 Å². The fraction of sp³-hybridized carbons (Fsp3) is 0.238. The molecule has 0 aliphatic rings. The Bertz CT molecular complexity index is 1380. The summed E-state index contributed by atoms with van der Waals surface area (Å²) in [7, 11) is 0. The first-order valence-electron chi connectivity index (χ1n) is 9.78. The van der Waals surface area contributed by atoms with Crippen molar-refractivity contribution in [3.63, 3.8) is 0 Å². The molecule has 0 saturated heterocycles. The van der Waals surface area contributed by atoms with E-state index in [1.807, 2.05) is 0 Å². The quantitative estimate of drug-likeness (QED) is 0.255. The van der Waals surface area contributed by atoms with Crippen LogP contribution in [-0.4, -0.2) is 34.3 Å². The minimum Gasteiger partial charge on any atom is -0.618 e. The molecule has 2 aromatic heterocycles. The summed E-state index contributed by atoms with van der Waals surface area (Å²) in [4.78, 5) is 16.2. The predicted octanol–water partition coefficient (Wildman–Crippen LogP) is 3.11. The van der Waals surface area contributed by atoms with E-state index in [0.717, 1.165) is 18.3 Å². The van der Waals surface area contributed by atoms with E-state index >= 15 is 0 Å². The zero-order valence-corrected chi connectivity index (χ0v) is 18.6. The maximum absolute atomic E-state index is 14.5. The Balaban J connectivity index is 2.11. The minimum absolute atomic E-state index is 0.0777. The van der Waals surface area contributed by atoms with Gasteiger partial charge in [-0.3, -0.25) is 9.36 Å². The largest absolute Gasteiger partial charge is 0.618 e. The number of aromatic nitrogens is 3. The van der Waals surface area contributed by atoms with Crippen molar-refractivity contribution in [1.82, 2.24) is 9.55 Å². The fourth-order valence-corrected chi connectivity index (χ4v) is 3.09. The lowest BCUT2D eigenvalue weighted by Crippen LogP contribution is -2.36. The Morgan fingerprint density at radius 3 is 2.67 bits per heavy atom. The van der Waals surface area contributed by atoms with Crippen molar-refractivity contribution in [1.29, 1.82) is 5.26 Å². The lowest BCUT2D eigenvalue weighted by molar-refractivity contribution is -0.614. The van der Waals surface area contributed by atoms with E-state index < -0.39 is 53.0 Å². The van der Waals surface area contributed by atoms with Gasteiger partial charge in [0.1, 0.15) is 19.2 Å². The number of nitrogens with zero attached hydrogens (tertiary/aromatic N) is 4. The van der Waals surface area contributed by atoms with Gasteiger partial charge in [0.05, 0.1) is 18.5 Å². The number of benzene rings is 1. The topological polar surface area (TPSA) is 124 Å². The molecular formula is C21H14ClF5N4O5. The van der Waals surface area contributed by atoms with Crippen molar-refractivity contribution >= 4 is 11.6 Å². The molecule has 1 N–H and O–H groups in total. The minimum atomic E-state index is -4.98. The van der Waals surface area contributed by atoms with E-state index in [9.17, 15) is 32.0 Å². The van der Waals surface area contributed by atoms with Gasteiger partial charge in [-0.15, -0.1) is 0 Å². The van der Waals surface area contributed by atoms with E-state index in [-0.39, 0.29) is 34.4 Å². The van der Waals surface area contributed by atoms with Gasteiger partial charge in [-0.2, -0.15) is 18.8 Å². The van der Waals surface area contributed by atoms with Gasteiger partial charge in [0, 0.05) is 17.2 Å². The Morgan fingerprint density at radius 2 is 2.06 bits per heavy atom. The van der Waals surface area contributed by atoms with Crippen LogP contribution < -0.4 is 19.8 Å². The molecule has 3 aromatic rings. The normalized spacial score (nSPS) is 11.4. The van der Waals surface area contributed by atoms with Crippen LogP contribution in [0.25, 0.3) is 0 Å². The molecule has 0 radical (unpaired) electrons.